The third kappa shape index (κ3) is 3.47. The Hall–Kier alpha value is -1.12. The van der Waals surface area contributed by atoms with Gasteiger partial charge in [0.25, 0.3) is 0 Å². The Labute approximate surface area is 101 Å². The molecule has 0 aromatic heterocycles. The van der Waals surface area contributed by atoms with E-state index in [0.29, 0.717) is 12.8 Å². The largest absolute Gasteiger partial charge is 0.386 e. The van der Waals surface area contributed by atoms with Gasteiger partial charge in [0.05, 0.1) is 0 Å². The van der Waals surface area contributed by atoms with E-state index in [1.165, 1.54) is 6.42 Å². The Balaban J connectivity index is 2.55. The molecule has 0 atom stereocenters. The predicted octanol–water partition coefficient (Wildman–Crippen LogP) is 3.14. The molecule has 1 heterocycles. The van der Waals surface area contributed by atoms with Gasteiger partial charge in [-0.3, -0.25) is 0 Å². The molecule has 0 spiro atoms. The Morgan fingerprint density at radius 1 is 1.06 bits per heavy atom. The number of carbonyl (C=O) groups excluding carboxylic acids is 2. The second-order valence-corrected chi connectivity index (χ2v) is 4.05. The summed E-state index contributed by atoms with van der Waals surface area (Å²) >= 11 is 0. The molecule has 0 amide bonds. The van der Waals surface area contributed by atoms with Crippen LogP contribution in [0.2, 0.25) is 0 Å². The van der Waals surface area contributed by atoms with Gasteiger partial charge in [-0.05, 0) is 19.7 Å². The number of hydrogen-bond donors (Lipinski definition) is 0. The first-order valence-corrected chi connectivity index (χ1v) is 5.88. The van der Waals surface area contributed by atoms with E-state index in [0.717, 1.165) is 25.7 Å². The van der Waals surface area contributed by atoms with E-state index in [-0.39, 0.29) is 5.57 Å². The Bertz CT molecular complexity index is 383. The lowest BCUT2D eigenvalue weighted by molar-refractivity contribution is -0.151. The minimum atomic E-state index is -2.57. The van der Waals surface area contributed by atoms with Gasteiger partial charge in [-0.15, -0.1) is 0 Å². The third-order valence-electron chi connectivity index (χ3n) is 2.72. The quantitative estimate of drug-likeness (QED) is 0.381. The van der Waals surface area contributed by atoms with Gasteiger partial charge >= 0.3 is 11.9 Å². The van der Waals surface area contributed by atoms with Crippen LogP contribution >= 0.6 is 0 Å². The van der Waals surface area contributed by atoms with E-state index in [1.54, 1.807) is 0 Å². The summed E-state index contributed by atoms with van der Waals surface area (Å²) in [7, 11) is 0. The molecular formula is C13H20O3. The van der Waals surface area contributed by atoms with Gasteiger partial charge in [-0.1, -0.05) is 39.0 Å². The standard InChI is InChI=1S/C13H20O3/c1-3-4-5-6-7-8-9-11-10(2)12(14)16-13(11)15/h3-9H2,1-2H3/i2D3. The first kappa shape index (κ1) is 8.97. The van der Waals surface area contributed by atoms with Crippen molar-refractivity contribution >= 4 is 11.9 Å². The monoisotopic (exact) mass is 227 g/mol. The molecule has 0 N–H and O–H groups in total. The fourth-order valence-electron chi connectivity index (χ4n) is 1.73. The highest BCUT2D eigenvalue weighted by atomic mass is 16.6. The Morgan fingerprint density at radius 2 is 1.75 bits per heavy atom. The van der Waals surface area contributed by atoms with Crippen molar-refractivity contribution < 1.29 is 18.4 Å². The molecular weight excluding hydrogens is 204 g/mol. The van der Waals surface area contributed by atoms with Gasteiger partial charge in [0, 0.05) is 15.3 Å². The van der Waals surface area contributed by atoms with E-state index in [9.17, 15) is 9.59 Å². The lowest BCUT2D eigenvalue weighted by Crippen LogP contribution is -2.01. The molecule has 3 nitrogen and oxygen atoms in total. The van der Waals surface area contributed by atoms with Gasteiger partial charge in [-0.25, -0.2) is 9.59 Å². The number of unbranched alkanes of at least 4 members (excludes halogenated alkanes) is 5. The molecule has 90 valence electrons. The first-order chi connectivity index (χ1) is 8.88. The second kappa shape index (κ2) is 6.46. The minimum absolute atomic E-state index is 0.0421. The van der Waals surface area contributed by atoms with Crippen molar-refractivity contribution in [2.24, 2.45) is 0 Å². The van der Waals surface area contributed by atoms with Crippen molar-refractivity contribution in [3.05, 3.63) is 11.1 Å². The summed E-state index contributed by atoms with van der Waals surface area (Å²) in [6.45, 7) is -0.436. The molecule has 1 aliphatic rings. The van der Waals surface area contributed by atoms with Gasteiger partial charge in [0.1, 0.15) is 0 Å². The van der Waals surface area contributed by atoms with Crippen LogP contribution in [0.15, 0.2) is 11.1 Å². The molecule has 0 saturated carbocycles. The van der Waals surface area contributed by atoms with E-state index in [4.69, 9.17) is 4.11 Å². The minimum Gasteiger partial charge on any atom is -0.386 e. The van der Waals surface area contributed by atoms with E-state index in [1.807, 2.05) is 0 Å². The number of carbonyl (C=O) groups is 2. The van der Waals surface area contributed by atoms with Gasteiger partial charge in [-0.2, -0.15) is 0 Å². The second-order valence-electron chi connectivity index (χ2n) is 4.05. The normalized spacial score (nSPS) is 19.4. The fraction of sp³-hybridized carbons (Fsp3) is 0.692. The molecule has 0 saturated heterocycles. The van der Waals surface area contributed by atoms with Crippen molar-refractivity contribution in [3.8, 4) is 0 Å². The molecule has 0 unspecified atom stereocenters. The molecule has 3 heteroatoms. The maximum Gasteiger partial charge on any atom is 0.342 e. The summed E-state index contributed by atoms with van der Waals surface area (Å²) in [4.78, 5) is 22.8. The highest BCUT2D eigenvalue weighted by Gasteiger charge is 2.28. The highest BCUT2D eigenvalue weighted by Crippen LogP contribution is 2.22. The average molecular weight is 227 g/mol. The van der Waals surface area contributed by atoms with Crippen LogP contribution in [0.25, 0.3) is 0 Å². The summed E-state index contributed by atoms with van der Waals surface area (Å²) in [6, 6.07) is 0. The molecule has 1 aliphatic heterocycles. The van der Waals surface area contributed by atoms with Crippen LogP contribution in [-0.4, -0.2) is 11.9 Å². The van der Waals surface area contributed by atoms with Gasteiger partial charge < -0.3 is 4.74 Å². The van der Waals surface area contributed by atoms with E-state index < -0.39 is 24.4 Å². The summed E-state index contributed by atoms with van der Waals surface area (Å²) in [5.74, 6) is -1.80. The molecule has 0 fully saturated rings. The number of ether oxygens (including phenoxy) is 1. The SMILES string of the molecule is [2H]C([2H])([2H])C1=C(CCCCCCCC)C(=O)OC1=O. The van der Waals surface area contributed by atoms with Crippen LogP contribution in [0.4, 0.5) is 0 Å². The van der Waals surface area contributed by atoms with Crippen LogP contribution in [0, 0.1) is 0 Å². The summed E-state index contributed by atoms with van der Waals surface area (Å²) in [5.41, 5.74) is -0.383. The van der Waals surface area contributed by atoms with E-state index >= 15 is 0 Å². The molecule has 0 aromatic carbocycles. The van der Waals surface area contributed by atoms with Gasteiger partial charge in [0.2, 0.25) is 0 Å². The molecule has 0 aliphatic carbocycles. The highest BCUT2D eigenvalue weighted by molar-refractivity contribution is 6.11. The fourth-order valence-corrected chi connectivity index (χ4v) is 1.73. The number of cyclic esters (lactones) is 2. The van der Waals surface area contributed by atoms with Crippen molar-refractivity contribution in [3.63, 3.8) is 0 Å². The van der Waals surface area contributed by atoms with Crippen LogP contribution in [0.5, 0.6) is 0 Å². The smallest absolute Gasteiger partial charge is 0.342 e. The number of esters is 2. The Morgan fingerprint density at radius 3 is 2.44 bits per heavy atom. The first-order valence-electron chi connectivity index (χ1n) is 7.38. The molecule has 16 heavy (non-hydrogen) atoms. The number of rotatable bonds is 7. The zero-order valence-electron chi connectivity index (χ0n) is 12.7. The molecule has 0 bridgehead atoms. The maximum atomic E-state index is 11.5. The predicted molar refractivity (Wildman–Crippen MR) is 61.8 cm³/mol. The maximum absolute atomic E-state index is 11.5. The molecule has 0 aromatic rings. The topological polar surface area (TPSA) is 43.4 Å². The van der Waals surface area contributed by atoms with Crippen LogP contribution in [0.1, 0.15) is 62.8 Å². The molecule has 1 rings (SSSR count). The van der Waals surface area contributed by atoms with Crippen molar-refractivity contribution in [2.75, 3.05) is 0 Å². The van der Waals surface area contributed by atoms with Crippen molar-refractivity contribution in [2.45, 2.75) is 58.7 Å². The number of hydrogen-bond acceptors (Lipinski definition) is 3. The lowest BCUT2D eigenvalue weighted by atomic mass is 10.0. The van der Waals surface area contributed by atoms with Crippen LogP contribution in [0.3, 0.4) is 0 Å². The van der Waals surface area contributed by atoms with Crippen molar-refractivity contribution in [1.82, 2.24) is 0 Å². The third-order valence-corrected chi connectivity index (χ3v) is 2.72. The van der Waals surface area contributed by atoms with Gasteiger partial charge in [0.15, 0.2) is 0 Å². The lowest BCUT2D eigenvalue weighted by Gasteiger charge is -2.00. The zero-order chi connectivity index (χ0) is 14.5. The van der Waals surface area contributed by atoms with Crippen LogP contribution < -0.4 is 0 Å². The van der Waals surface area contributed by atoms with Crippen molar-refractivity contribution in [1.29, 1.82) is 0 Å². The average Bonchev–Trinajstić information content (AvgIpc) is 2.58. The summed E-state index contributed by atoms with van der Waals surface area (Å²) in [6.07, 6.45) is 6.50. The summed E-state index contributed by atoms with van der Waals surface area (Å²) in [5, 5.41) is 0. The van der Waals surface area contributed by atoms with Crippen LogP contribution in [-0.2, 0) is 14.3 Å². The Kier molecular flexibility index (Phi) is 3.62. The van der Waals surface area contributed by atoms with E-state index in [2.05, 4.69) is 11.7 Å². The molecule has 0 radical (unpaired) electrons. The summed E-state index contributed by atoms with van der Waals surface area (Å²) < 4.78 is 26.2. The zero-order valence-corrected chi connectivity index (χ0v) is 9.67.